The summed E-state index contributed by atoms with van der Waals surface area (Å²) in [6.45, 7) is 4.20. The number of nitrogens with two attached hydrogens (primary N) is 1. The van der Waals surface area contributed by atoms with Crippen molar-refractivity contribution in [1.82, 2.24) is 0 Å². The van der Waals surface area contributed by atoms with Gasteiger partial charge in [0.1, 0.15) is 5.75 Å². The first kappa shape index (κ1) is 11.3. The average molecular weight is 214 g/mol. The zero-order valence-corrected chi connectivity index (χ0v) is 9.25. The molecule has 0 aliphatic heterocycles. The molecule has 1 aromatic rings. The SMILES string of the molecule is CC(C)CC(N)c1cc(Cl)ccc1O. The molecule has 0 aromatic heterocycles. The largest absolute Gasteiger partial charge is 0.508 e. The minimum absolute atomic E-state index is 0.145. The van der Waals surface area contributed by atoms with E-state index in [0.717, 1.165) is 12.0 Å². The predicted octanol–water partition coefficient (Wildman–Crippen LogP) is 3.09. The molecule has 0 aliphatic carbocycles. The molecular formula is C11H16ClNO. The number of benzene rings is 1. The molecule has 0 radical (unpaired) electrons. The Labute approximate surface area is 89.7 Å². The summed E-state index contributed by atoms with van der Waals surface area (Å²) in [5, 5.41) is 10.2. The van der Waals surface area contributed by atoms with Gasteiger partial charge in [-0.2, -0.15) is 0 Å². The molecule has 1 rings (SSSR count). The van der Waals surface area contributed by atoms with Gasteiger partial charge >= 0.3 is 0 Å². The molecule has 0 spiro atoms. The van der Waals surface area contributed by atoms with Crippen LogP contribution in [0.3, 0.4) is 0 Å². The molecule has 78 valence electrons. The van der Waals surface area contributed by atoms with Crippen LogP contribution in [0.1, 0.15) is 31.9 Å². The Morgan fingerprint density at radius 1 is 1.43 bits per heavy atom. The maximum Gasteiger partial charge on any atom is 0.120 e. The average Bonchev–Trinajstić information content (AvgIpc) is 2.08. The lowest BCUT2D eigenvalue weighted by atomic mass is 9.97. The standard InChI is InChI=1S/C11H16ClNO/c1-7(2)5-10(13)9-6-8(12)3-4-11(9)14/h3-4,6-7,10,14H,5,13H2,1-2H3. The maximum atomic E-state index is 9.58. The molecule has 0 heterocycles. The van der Waals surface area contributed by atoms with Gasteiger partial charge in [-0.25, -0.2) is 0 Å². The van der Waals surface area contributed by atoms with Crippen LogP contribution in [0, 0.1) is 5.92 Å². The molecule has 1 atom stereocenters. The Hall–Kier alpha value is -0.730. The minimum atomic E-state index is -0.145. The highest BCUT2D eigenvalue weighted by atomic mass is 35.5. The second kappa shape index (κ2) is 4.67. The molecule has 0 amide bonds. The summed E-state index contributed by atoms with van der Waals surface area (Å²) in [7, 11) is 0. The minimum Gasteiger partial charge on any atom is -0.508 e. The van der Waals surface area contributed by atoms with Crippen LogP contribution in [0.25, 0.3) is 0 Å². The number of halogens is 1. The molecule has 1 unspecified atom stereocenters. The van der Waals surface area contributed by atoms with Crippen LogP contribution in [0.4, 0.5) is 0 Å². The van der Waals surface area contributed by atoms with Crippen molar-refractivity contribution in [1.29, 1.82) is 0 Å². The predicted molar refractivity (Wildman–Crippen MR) is 59.5 cm³/mol. The molecule has 3 heteroatoms. The Bertz CT molecular complexity index is 312. The zero-order chi connectivity index (χ0) is 10.7. The Balaban J connectivity index is 2.88. The molecule has 2 nitrogen and oxygen atoms in total. The highest BCUT2D eigenvalue weighted by Crippen LogP contribution is 2.29. The number of rotatable bonds is 3. The molecule has 14 heavy (non-hydrogen) atoms. The molecule has 1 aromatic carbocycles. The van der Waals surface area contributed by atoms with Gasteiger partial charge in [0, 0.05) is 16.6 Å². The second-order valence-electron chi connectivity index (χ2n) is 3.94. The highest BCUT2D eigenvalue weighted by molar-refractivity contribution is 6.30. The van der Waals surface area contributed by atoms with Gasteiger partial charge in [-0.15, -0.1) is 0 Å². The third-order valence-electron chi connectivity index (χ3n) is 2.11. The van der Waals surface area contributed by atoms with Crippen LogP contribution < -0.4 is 5.73 Å². The molecule has 0 saturated heterocycles. The molecule has 0 aliphatic rings. The fourth-order valence-corrected chi connectivity index (χ4v) is 1.64. The summed E-state index contributed by atoms with van der Waals surface area (Å²) < 4.78 is 0. The monoisotopic (exact) mass is 213 g/mol. The van der Waals surface area contributed by atoms with E-state index in [0.29, 0.717) is 10.9 Å². The van der Waals surface area contributed by atoms with Gasteiger partial charge in [0.2, 0.25) is 0 Å². The van der Waals surface area contributed by atoms with Crippen molar-refractivity contribution in [3.05, 3.63) is 28.8 Å². The summed E-state index contributed by atoms with van der Waals surface area (Å²) in [5.74, 6) is 0.728. The van der Waals surface area contributed by atoms with Crippen molar-refractivity contribution < 1.29 is 5.11 Å². The van der Waals surface area contributed by atoms with E-state index in [1.165, 1.54) is 0 Å². The maximum absolute atomic E-state index is 9.58. The Morgan fingerprint density at radius 2 is 2.07 bits per heavy atom. The third kappa shape index (κ3) is 2.89. The van der Waals surface area contributed by atoms with Gasteiger partial charge in [0.05, 0.1) is 0 Å². The number of aromatic hydroxyl groups is 1. The van der Waals surface area contributed by atoms with E-state index in [9.17, 15) is 5.11 Å². The van der Waals surface area contributed by atoms with Gasteiger partial charge in [0.15, 0.2) is 0 Å². The second-order valence-corrected chi connectivity index (χ2v) is 4.38. The smallest absolute Gasteiger partial charge is 0.120 e. The normalized spacial score (nSPS) is 13.2. The fourth-order valence-electron chi connectivity index (χ4n) is 1.46. The van der Waals surface area contributed by atoms with E-state index < -0.39 is 0 Å². The van der Waals surface area contributed by atoms with Crippen LogP contribution in [0.2, 0.25) is 5.02 Å². The van der Waals surface area contributed by atoms with E-state index in [2.05, 4.69) is 13.8 Å². The Morgan fingerprint density at radius 3 is 2.64 bits per heavy atom. The van der Waals surface area contributed by atoms with Crippen LogP contribution in [0.5, 0.6) is 5.75 Å². The Kier molecular flexibility index (Phi) is 3.78. The molecule has 0 saturated carbocycles. The van der Waals surface area contributed by atoms with Crippen LogP contribution in [-0.4, -0.2) is 5.11 Å². The highest BCUT2D eigenvalue weighted by Gasteiger charge is 2.12. The summed E-state index contributed by atoms with van der Waals surface area (Å²) in [6, 6.07) is 4.82. The van der Waals surface area contributed by atoms with E-state index in [1.54, 1.807) is 18.2 Å². The van der Waals surface area contributed by atoms with Gasteiger partial charge in [-0.05, 0) is 30.5 Å². The number of phenols is 1. The van der Waals surface area contributed by atoms with Crippen LogP contribution in [-0.2, 0) is 0 Å². The number of phenolic OH excluding ortho intramolecular Hbond substituents is 1. The van der Waals surface area contributed by atoms with E-state index in [4.69, 9.17) is 17.3 Å². The van der Waals surface area contributed by atoms with Gasteiger partial charge in [0.25, 0.3) is 0 Å². The molecule has 0 fully saturated rings. The number of hydrogen-bond donors (Lipinski definition) is 2. The van der Waals surface area contributed by atoms with Gasteiger partial charge < -0.3 is 10.8 Å². The van der Waals surface area contributed by atoms with E-state index in [1.807, 2.05) is 0 Å². The molecule has 3 N–H and O–H groups in total. The summed E-state index contributed by atoms with van der Waals surface area (Å²) in [5.41, 5.74) is 6.67. The van der Waals surface area contributed by atoms with E-state index >= 15 is 0 Å². The fraction of sp³-hybridized carbons (Fsp3) is 0.455. The van der Waals surface area contributed by atoms with Crippen molar-refractivity contribution in [2.75, 3.05) is 0 Å². The van der Waals surface area contributed by atoms with Crippen molar-refractivity contribution in [2.45, 2.75) is 26.3 Å². The van der Waals surface area contributed by atoms with Gasteiger partial charge in [-0.1, -0.05) is 25.4 Å². The first-order chi connectivity index (χ1) is 6.50. The van der Waals surface area contributed by atoms with Crippen molar-refractivity contribution >= 4 is 11.6 Å². The summed E-state index contributed by atoms with van der Waals surface area (Å²) >= 11 is 5.83. The lowest BCUT2D eigenvalue weighted by molar-refractivity contribution is 0.445. The quantitative estimate of drug-likeness (QED) is 0.811. The van der Waals surface area contributed by atoms with Gasteiger partial charge in [-0.3, -0.25) is 0 Å². The van der Waals surface area contributed by atoms with Crippen LogP contribution in [0.15, 0.2) is 18.2 Å². The van der Waals surface area contributed by atoms with Crippen LogP contribution >= 0.6 is 11.6 Å². The van der Waals surface area contributed by atoms with Crippen molar-refractivity contribution in [3.8, 4) is 5.75 Å². The summed E-state index contributed by atoms with van der Waals surface area (Å²) in [4.78, 5) is 0. The summed E-state index contributed by atoms with van der Waals surface area (Å²) in [6.07, 6.45) is 0.841. The third-order valence-corrected chi connectivity index (χ3v) is 2.35. The lowest BCUT2D eigenvalue weighted by Gasteiger charge is -2.15. The lowest BCUT2D eigenvalue weighted by Crippen LogP contribution is -2.13. The molecular weight excluding hydrogens is 198 g/mol. The first-order valence-electron chi connectivity index (χ1n) is 4.74. The zero-order valence-electron chi connectivity index (χ0n) is 8.50. The molecule has 0 bridgehead atoms. The van der Waals surface area contributed by atoms with Crippen molar-refractivity contribution in [3.63, 3.8) is 0 Å². The first-order valence-corrected chi connectivity index (χ1v) is 5.12. The topological polar surface area (TPSA) is 46.2 Å². The van der Waals surface area contributed by atoms with E-state index in [-0.39, 0.29) is 11.8 Å². The number of hydrogen-bond acceptors (Lipinski definition) is 2. The van der Waals surface area contributed by atoms with Crippen molar-refractivity contribution in [2.24, 2.45) is 11.7 Å².